The van der Waals surface area contributed by atoms with Crippen molar-refractivity contribution in [2.75, 3.05) is 13.7 Å². The van der Waals surface area contributed by atoms with Gasteiger partial charge in [-0.25, -0.2) is 14.8 Å². The molecule has 0 spiro atoms. The first-order valence-corrected chi connectivity index (χ1v) is 14.8. The van der Waals surface area contributed by atoms with E-state index in [9.17, 15) is 9.59 Å². The highest BCUT2D eigenvalue weighted by Gasteiger charge is 2.38. The smallest absolute Gasteiger partial charge is 0.328 e. The minimum Gasteiger partial charge on any atom is -0.467 e. The van der Waals surface area contributed by atoms with E-state index in [0.717, 1.165) is 37.4 Å². The standard InChI is InChI=1S/C22H32N4O4Si/c1-29-22(28)18(15-7-8-15)25-21(27)16-12-26(13-30-9-10-31(2,3)4)20-19(16)24-17(11-23-20)14-5-6-14/h11-12,14-15,18H,5-10,13H2,1-4H3,(H,25,27)/t18-/m1/s1. The van der Waals surface area contributed by atoms with Crippen molar-refractivity contribution in [2.45, 2.75) is 70.1 Å². The molecule has 4 rings (SSSR count). The Morgan fingerprint density at radius 1 is 1.26 bits per heavy atom. The van der Waals surface area contributed by atoms with Crippen molar-refractivity contribution >= 4 is 31.1 Å². The van der Waals surface area contributed by atoms with Gasteiger partial charge in [0.2, 0.25) is 0 Å². The SMILES string of the molecule is COC(=O)[C@H](NC(=O)c1cn(COCC[Si](C)(C)C)c2ncc(C3CC3)nc12)C1CC1. The second kappa shape index (κ2) is 8.70. The number of fused-ring (bicyclic) bond motifs is 1. The van der Waals surface area contributed by atoms with Gasteiger partial charge in [0, 0.05) is 26.8 Å². The van der Waals surface area contributed by atoms with Gasteiger partial charge in [0.05, 0.1) is 24.6 Å². The van der Waals surface area contributed by atoms with E-state index in [1.54, 1.807) is 6.20 Å². The summed E-state index contributed by atoms with van der Waals surface area (Å²) in [5.74, 6) is -0.157. The van der Waals surface area contributed by atoms with E-state index < -0.39 is 20.1 Å². The molecule has 0 radical (unpaired) electrons. The number of amides is 1. The number of esters is 1. The lowest BCUT2D eigenvalue weighted by atomic mass is 10.1. The molecular weight excluding hydrogens is 412 g/mol. The van der Waals surface area contributed by atoms with Crippen LogP contribution in [0.15, 0.2) is 12.4 Å². The molecule has 1 N–H and O–H groups in total. The molecule has 31 heavy (non-hydrogen) atoms. The minimum absolute atomic E-state index is 0.141. The summed E-state index contributed by atoms with van der Waals surface area (Å²) in [7, 11) is 0.165. The Bertz CT molecular complexity index is 976. The van der Waals surface area contributed by atoms with Gasteiger partial charge in [-0.15, -0.1) is 0 Å². The van der Waals surface area contributed by atoms with Gasteiger partial charge in [0.1, 0.15) is 18.3 Å². The largest absolute Gasteiger partial charge is 0.467 e. The molecule has 168 valence electrons. The zero-order valence-corrected chi connectivity index (χ0v) is 19.8. The summed E-state index contributed by atoms with van der Waals surface area (Å²) in [4.78, 5) is 34.7. The molecule has 0 aliphatic heterocycles. The summed E-state index contributed by atoms with van der Waals surface area (Å²) in [5, 5.41) is 2.87. The highest BCUT2D eigenvalue weighted by Crippen LogP contribution is 2.39. The Kier molecular flexibility index (Phi) is 6.16. The Morgan fingerprint density at radius 3 is 2.61 bits per heavy atom. The van der Waals surface area contributed by atoms with Gasteiger partial charge >= 0.3 is 5.97 Å². The maximum absolute atomic E-state index is 13.2. The Labute approximate surface area is 183 Å². The number of carbonyl (C=O) groups is 2. The Balaban J connectivity index is 1.57. The summed E-state index contributed by atoms with van der Waals surface area (Å²) in [6, 6.07) is 0.447. The van der Waals surface area contributed by atoms with Crippen LogP contribution >= 0.6 is 0 Å². The number of rotatable bonds is 10. The summed E-state index contributed by atoms with van der Waals surface area (Å²) in [5.41, 5.74) is 2.54. The zero-order valence-electron chi connectivity index (χ0n) is 18.8. The van der Waals surface area contributed by atoms with Crippen LogP contribution in [0.5, 0.6) is 0 Å². The zero-order chi connectivity index (χ0) is 22.2. The lowest BCUT2D eigenvalue weighted by Crippen LogP contribution is -2.43. The van der Waals surface area contributed by atoms with E-state index in [1.807, 2.05) is 10.8 Å². The molecule has 0 saturated heterocycles. The van der Waals surface area contributed by atoms with Gasteiger partial charge < -0.3 is 19.4 Å². The van der Waals surface area contributed by atoms with Crippen molar-refractivity contribution < 1.29 is 19.1 Å². The van der Waals surface area contributed by atoms with Crippen molar-refractivity contribution in [1.29, 1.82) is 0 Å². The molecule has 0 bridgehead atoms. The molecule has 2 aliphatic carbocycles. The number of nitrogens with zero attached hydrogens (tertiary/aromatic N) is 3. The van der Waals surface area contributed by atoms with Crippen molar-refractivity contribution in [2.24, 2.45) is 5.92 Å². The van der Waals surface area contributed by atoms with Crippen molar-refractivity contribution in [1.82, 2.24) is 19.9 Å². The second-order valence-electron chi connectivity index (χ2n) is 9.91. The number of ether oxygens (including phenoxy) is 2. The first kappa shape index (κ1) is 21.9. The maximum atomic E-state index is 13.2. The third kappa shape index (κ3) is 5.33. The monoisotopic (exact) mass is 444 g/mol. The van der Waals surface area contributed by atoms with E-state index in [-0.39, 0.29) is 11.8 Å². The highest BCUT2D eigenvalue weighted by atomic mass is 28.3. The molecule has 2 aromatic heterocycles. The van der Waals surface area contributed by atoms with Gasteiger partial charge in [0.15, 0.2) is 5.65 Å². The molecule has 2 fully saturated rings. The lowest BCUT2D eigenvalue weighted by Gasteiger charge is -2.15. The molecule has 1 atom stereocenters. The normalized spacial score (nSPS) is 17.5. The molecule has 2 heterocycles. The third-order valence-corrected chi connectivity index (χ3v) is 7.59. The van der Waals surface area contributed by atoms with Crippen molar-refractivity contribution in [3.63, 3.8) is 0 Å². The lowest BCUT2D eigenvalue weighted by molar-refractivity contribution is -0.143. The van der Waals surface area contributed by atoms with E-state index in [1.165, 1.54) is 7.11 Å². The van der Waals surface area contributed by atoms with Crippen LogP contribution in [0.3, 0.4) is 0 Å². The number of nitrogens with one attached hydrogen (secondary N) is 1. The van der Waals surface area contributed by atoms with Gasteiger partial charge in [-0.3, -0.25) is 4.79 Å². The van der Waals surface area contributed by atoms with Crippen molar-refractivity contribution in [3.05, 3.63) is 23.7 Å². The van der Waals surface area contributed by atoms with Crippen LogP contribution in [0.2, 0.25) is 25.7 Å². The summed E-state index contributed by atoms with van der Waals surface area (Å²) >= 11 is 0. The number of hydrogen-bond donors (Lipinski definition) is 1. The molecule has 9 heteroatoms. The van der Waals surface area contributed by atoms with E-state index >= 15 is 0 Å². The van der Waals surface area contributed by atoms with E-state index in [0.29, 0.717) is 36.0 Å². The fourth-order valence-electron chi connectivity index (χ4n) is 3.59. The summed E-state index contributed by atoms with van der Waals surface area (Å²) < 4.78 is 12.6. The third-order valence-electron chi connectivity index (χ3n) is 5.89. The minimum atomic E-state index is -1.18. The molecule has 2 aliphatic rings. The van der Waals surface area contributed by atoms with Crippen LogP contribution in [0.4, 0.5) is 0 Å². The number of hydrogen-bond acceptors (Lipinski definition) is 6. The van der Waals surface area contributed by atoms with Crippen LogP contribution < -0.4 is 5.32 Å². The predicted molar refractivity (Wildman–Crippen MR) is 120 cm³/mol. The maximum Gasteiger partial charge on any atom is 0.328 e. The Morgan fingerprint density at radius 2 is 2.00 bits per heavy atom. The van der Waals surface area contributed by atoms with Crippen LogP contribution in [0, 0.1) is 5.92 Å². The Hall–Kier alpha value is -2.26. The van der Waals surface area contributed by atoms with Gasteiger partial charge in [-0.2, -0.15) is 0 Å². The van der Waals surface area contributed by atoms with E-state index in [2.05, 4.69) is 29.9 Å². The van der Waals surface area contributed by atoms with Crippen LogP contribution in [-0.2, 0) is 21.0 Å². The molecule has 2 saturated carbocycles. The van der Waals surface area contributed by atoms with Crippen LogP contribution in [0.25, 0.3) is 11.2 Å². The van der Waals surface area contributed by atoms with Gasteiger partial charge in [-0.1, -0.05) is 19.6 Å². The molecular formula is C22H32N4O4Si. The first-order chi connectivity index (χ1) is 14.8. The number of methoxy groups -OCH3 is 1. The van der Waals surface area contributed by atoms with Crippen LogP contribution in [-0.4, -0.2) is 54.2 Å². The number of carbonyl (C=O) groups excluding carboxylic acids is 2. The van der Waals surface area contributed by atoms with Crippen LogP contribution in [0.1, 0.15) is 47.7 Å². The van der Waals surface area contributed by atoms with Gasteiger partial charge in [-0.05, 0) is 37.6 Å². The van der Waals surface area contributed by atoms with Gasteiger partial charge in [0.25, 0.3) is 5.91 Å². The summed E-state index contributed by atoms with van der Waals surface area (Å²) in [6.45, 7) is 7.93. The fourth-order valence-corrected chi connectivity index (χ4v) is 4.35. The average Bonchev–Trinajstić information content (AvgIpc) is 3.64. The van der Waals surface area contributed by atoms with E-state index in [4.69, 9.17) is 14.5 Å². The quantitative estimate of drug-likeness (QED) is 0.343. The highest BCUT2D eigenvalue weighted by molar-refractivity contribution is 6.76. The molecule has 0 unspecified atom stereocenters. The molecule has 2 aromatic rings. The van der Waals surface area contributed by atoms with Crippen molar-refractivity contribution in [3.8, 4) is 0 Å². The second-order valence-corrected chi connectivity index (χ2v) is 15.5. The number of aromatic nitrogens is 3. The summed E-state index contributed by atoms with van der Waals surface area (Å²) in [6.07, 6.45) is 7.59. The molecule has 8 nitrogen and oxygen atoms in total. The fraction of sp³-hybridized carbons (Fsp3) is 0.636. The first-order valence-electron chi connectivity index (χ1n) is 11.1. The average molecular weight is 445 g/mol. The molecule has 0 aromatic carbocycles. The topological polar surface area (TPSA) is 95.3 Å². The molecule has 1 amide bonds. The predicted octanol–water partition coefficient (Wildman–Crippen LogP) is 3.30.